The molecule has 1 unspecified atom stereocenters. The van der Waals surface area contributed by atoms with E-state index in [9.17, 15) is 5.11 Å². The molecule has 2 heterocycles. The van der Waals surface area contributed by atoms with Crippen molar-refractivity contribution in [2.45, 2.75) is 38.1 Å². The monoisotopic (exact) mass is 475 g/mol. The maximum Gasteiger partial charge on any atom is 0.131 e. The van der Waals surface area contributed by atoms with Crippen LogP contribution in [0.25, 0.3) is 11.1 Å². The molecule has 2 N–H and O–H groups in total. The first-order valence-corrected chi connectivity index (χ1v) is 12.4. The predicted octanol–water partition coefficient (Wildman–Crippen LogP) is 6.50. The quantitative estimate of drug-likeness (QED) is 0.409. The summed E-state index contributed by atoms with van der Waals surface area (Å²) in [7, 11) is 0. The van der Waals surface area contributed by atoms with Crippen molar-refractivity contribution in [3.63, 3.8) is 0 Å². The number of hydrogen-bond acceptors (Lipinski definition) is 4. The van der Waals surface area contributed by atoms with Crippen molar-refractivity contribution in [2.75, 3.05) is 19.8 Å². The van der Waals surface area contributed by atoms with Crippen LogP contribution in [0, 0.1) is 0 Å². The smallest absolute Gasteiger partial charge is 0.131 e. The number of phenolic OH excluding ortho intramolecular Hbond substituents is 1. The molecule has 3 aromatic carbocycles. The average Bonchev–Trinajstić information content (AvgIpc) is 2.86. The minimum atomic E-state index is 0.206. The Kier molecular flexibility index (Phi) is 7.08. The van der Waals surface area contributed by atoms with Gasteiger partial charge in [-0.3, -0.25) is 0 Å². The largest absolute Gasteiger partial charge is 0.508 e. The lowest BCUT2D eigenvalue weighted by Crippen LogP contribution is -2.35. The number of allylic oxidation sites excluding steroid dienone is 1. The van der Waals surface area contributed by atoms with Crippen molar-refractivity contribution in [1.29, 1.82) is 0 Å². The maximum atomic E-state index is 9.93. The Bertz CT molecular complexity index is 1150. The SMILES string of the molecule is Oc1ccc2c(c1)OCC(c1ccc(Cl)cc1)=C2Cc1ccc(OCCC2CCCCN2)cc1. The zero-order valence-electron chi connectivity index (χ0n) is 19.2. The van der Waals surface area contributed by atoms with Crippen LogP contribution in [0.15, 0.2) is 66.7 Å². The number of phenols is 1. The molecule has 1 saturated heterocycles. The van der Waals surface area contributed by atoms with E-state index in [1.165, 1.54) is 30.4 Å². The molecule has 2 aliphatic heterocycles. The number of rotatable bonds is 7. The Balaban J connectivity index is 1.34. The first-order valence-electron chi connectivity index (χ1n) is 12.0. The number of nitrogens with one attached hydrogen (secondary N) is 1. The highest BCUT2D eigenvalue weighted by Crippen LogP contribution is 2.40. The molecule has 1 fully saturated rings. The third-order valence-corrected chi connectivity index (χ3v) is 6.92. The molecule has 0 amide bonds. The van der Waals surface area contributed by atoms with Crippen LogP contribution in [0.5, 0.6) is 17.2 Å². The van der Waals surface area contributed by atoms with Crippen LogP contribution in [-0.2, 0) is 6.42 Å². The van der Waals surface area contributed by atoms with E-state index >= 15 is 0 Å². The van der Waals surface area contributed by atoms with Crippen LogP contribution in [0.1, 0.15) is 42.4 Å². The van der Waals surface area contributed by atoms with Crippen LogP contribution < -0.4 is 14.8 Å². The lowest BCUT2D eigenvalue weighted by atomic mass is 9.88. The lowest BCUT2D eigenvalue weighted by molar-refractivity contribution is 0.268. The standard InChI is InChI=1S/C29H30ClNO3/c30-22-8-6-21(7-9-22)28-19-34-29-18-24(32)10-13-26(29)27(28)17-20-4-11-25(12-5-20)33-16-14-23-3-1-2-15-31-23/h4-13,18,23,31-32H,1-3,14-17,19H2. The van der Waals surface area contributed by atoms with E-state index < -0.39 is 0 Å². The molecule has 1 atom stereocenters. The third kappa shape index (κ3) is 5.40. The second-order valence-electron chi connectivity index (χ2n) is 9.04. The van der Waals surface area contributed by atoms with Gasteiger partial charge in [-0.2, -0.15) is 0 Å². The fourth-order valence-corrected chi connectivity index (χ4v) is 4.91. The number of ether oxygens (including phenoxy) is 2. The molecule has 0 bridgehead atoms. The Hall–Kier alpha value is -2.95. The van der Waals surface area contributed by atoms with E-state index in [4.69, 9.17) is 21.1 Å². The van der Waals surface area contributed by atoms with Crippen LogP contribution in [-0.4, -0.2) is 30.9 Å². The highest BCUT2D eigenvalue weighted by molar-refractivity contribution is 6.30. The zero-order valence-corrected chi connectivity index (χ0v) is 20.0. The number of halogens is 1. The van der Waals surface area contributed by atoms with Crippen LogP contribution >= 0.6 is 11.6 Å². The number of aromatic hydroxyl groups is 1. The Morgan fingerprint density at radius 2 is 1.82 bits per heavy atom. The van der Waals surface area contributed by atoms with E-state index in [-0.39, 0.29) is 5.75 Å². The summed E-state index contributed by atoms with van der Waals surface area (Å²) in [5, 5.41) is 14.2. The van der Waals surface area contributed by atoms with Gasteiger partial charge in [0.1, 0.15) is 23.9 Å². The van der Waals surface area contributed by atoms with Gasteiger partial charge >= 0.3 is 0 Å². The van der Waals surface area contributed by atoms with Crippen molar-refractivity contribution < 1.29 is 14.6 Å². The first-order chi connectivity index (χ1) is 16.7. The third-order valence-electron chi connectivity index (χ3n) is 6.67. The fourth-order valence-electron chi connectivity index (χ4n) is 4.79. The van der Waals surface area contributed by atoms with E-state index in [1.54, 1.807) is 12.1 Å². The summed E-state index contributed by atoms with van der Waals surface area (Å²) in [6, 6.07) is 22.2. The van der Waals surface area contributed by atoms with Crippen LogP contribution in [0.2, 0.25) is 5.02 Å². The number of piperidine rings is 1. The molecule has 34 heavy (non-hydrogen) atoms. The highest BCUT2D eigenvalue weighted by Gasteiger charge is 2.22. The zero-order chi connectivity index (χ0) is 23.3. The highest BCUT2D eigenvalue weighted by atomic mass is 35.5. The molecule has 4 nitrogen and oxygen atoms in total. The second-order valence-corrected chi connectivity index (χ2v) is 9.47. The van der Waals surface area contributed by atoms with Gasteiger partial charge in [0.15, 0.2) is 0 Å². The van der Waals surface area contributed by atoms with E-state index in [2.05, 4.69) is 29.6 Å². The molecule has 0 saturated carbocycles. The van der Waals surface area contributed by atoms with Gasteiger partial charge in [-0.05, 0) is 85.3 Å². The molecule has 0 radical (unpaired) electrons. The summed E-state index contributed by atoms with van der Waals surface area (Å²) in [5.74, 6) is 1.82. The lowest BCUT2D eigenvalue weighted by Gasteiger charge is -2.25. The summed E-state index contributed by atoms with van der Waals surface area (Å²) < 4.78 is 12.0. The minimum absolute atomic E-state index is 0.206. The van der Waals surface area contributed by atoms with Gasteiger partial charge in [-0.1, -0.05) is 42.3 Å². The predicted molar refractivity (Wildman–Crippen MR) is 138 cm³/mol. The fraction of sp³-hybridized carbons (Fsp3) is 0.310. The van der Waals surface area contributed by atoms with Crippen molar-refractivity contribution in [1.82, 2.24) is 5.32 Å². The van der Waals surface area contributed by atoms with Gasteiger partial charge in [0.05, 0.1) is 6.61 Å². The Labute approximate surface area is 206 Å². The summed E-state index contributed by atoms with van der Waals surface area (Å²) in [5.41, 5.74) is 5.63. The van der Waals surface area contributed by atoms with Crippen LogP contribution in [0.4, 0.5) is 0 Å². The van der Waals surface area contributed by atoms with Crippen molar-refractivity contribution in [3.8, 4) is 17.2 Å². The number of benzene rings is 3. The second kappa shape index (κ2) is 10.5. The topological polar surface area (TPSA) is 50.7 Å². The molecule has 2 aliphatic rings. The summed E-state index contributed by atoms with van der Waals surface area (Å²) in [4.78, 5) is 0. The molecule has 0 aromatic heterocycles. The van der Waals surface area contributed by atoms with Crippen molar-refractivity contribution >= 4 is 22.7 Å². The molecule has 5 heteroatoms. The van der Waals surface area contributed by atoms with Crippen LogP contribution in [0.3, 0.4) is 0 Å². The molecular weight excluding hydrogens is 446 g/mol. The van der Waals surface area contributed by atoms with E-state index in [0.717, 1.165) is 48.4 Å². The summed E-state index contributed by atoms with van der Waals surface area (Å²) in [6.07, 6.45) is 5.64. The summed E-state index contributed by atoms with van der Waals surface area (Å²) >= 11 is 6.12. The van der Waals surface area contributed by atoms with E-state index in [1.807, 2.05) is 30.3 Å². The average molecular weight is 476 g/mol. The van der Waals surface area contributed by atoms with Gasteiger partial charge in [0, 0.05) is 28.3 Å². The van der Waals surface area contributed by atoms with Gasteiger partial charge in [-0.15, -0.1) is 0 Å². The maximum absolute atomic E-state index is 9.93. The molecule has 3 aromatic rings. The van der Waals surface area contributed by atoms with Crippen molar-refractivity contribution in [3.05, 3.63) is 88.4 Å². The van der Waals surface area contributed by atoms with Gasteiger partial charge in [-0.25, -0.2) is 0 Å². The molecule has 176 valence electrons. The Morgan fingerprint density at radius 3 is 2.59 bits per heavy atom. The van der Waals surface area contributed by atoms with Gasteiger partial charge in [0.2, 0.25) is 0 Å². The normalized spacial score (nSPS) is 17.7. The molecule has 0 aliphatic carbocycles. The molecular formula is C29H30ClNO3. The van der Waals surface area contributed by atoms with Crippen molar-refractivity contribution in [2.24, 2.45) is 0 Å². The number of fused-ring (bicyclic) bond motifs is 1. The minimum Gasteiger partial charge on any atom is -0.508 e. The number of hydrogen-bond donors (Lipinski definition) is 2. The van der Waals surface area contributed by atoms with E-state index in [0.29, 0.717) is 23.4 Å². The molecule has 0 spiro atoms. The van der Waals surface area contributed by atoms with Gasteiger partial charge < -0.3 is 19.9 Å². The van der Waals surface area contributed by atoms with Gasteiger partial charge in [0.25, 0.3) is 0 Å². The summed E-state index contributed by atoms with van der Waals surface area (Å²) in [6.45, 7) is 2.31. The first kappa shape index (κ1) is 22.8. The molecule has 5 rings (SSSR count). The Morgan fingerprint density at radius 1 is 1.00 bits per heavy atom.